The molecule has 0 aromatic heterocycles. The predicted molar refractivity (Wildman–Crippen MR) is 186 cm³/mol. The Hall–Kier alpha value is -5.64. The summed E-state index contributed by atoms with van der Waals surface area (Å²) in [7, 11) is 0. The zero-order chi connectivity index (χ0) is 34.1. The van der Waals surface area contributed by atoms with Gasteiger partial charge in [-0.05, 0) is 73.5 Å². The van der Waals surface area contributed by atoms with E-state index in [-0.39, 0.29) is 37.7 Å². The first-order chi connectivity index (χ1) is 23.4. The van der Waals surface area contributed by atoms with Gasteiger partial charge in [-0.25, -0.2) is 0 Å². The summed E-state index contributed by atoms with van der Waals surface area (Å²) >= 11 is 0. The van der Waals surface area contributed by atoms with Crippen molar-refractivity contribution < 1.29 is 28.7 Å². The van der Waals surface area contributed by atoms with Gasteiger partial charge in [0.05, 0.1) is 13.2 Å². The van der Waals surface area contributed by atoms with Gasteiger partial charge >= 0.3 is 0 Å². The van der Waals surface area contributed by atoms with Crippen molar-refractivity contribution in [2.75, 3.05) is 36.1 Å². The fraction of sp³-hybridized carbons (Fsp3) is 0.263. The maximum atomic E-state index is 13.7. The van der Waals surface area contributed by atoms with Gasteiger partial charge in [-0.15, -0.1) is 0 Å². The van der Waals surface area contributed by atoms with E-state index in [4.69, 9.17) is 9.47 Å². The van der Waals surface area contributed by atoms with E-state index in [1.807, 2.05) is 74.5 Å². The molecule has 0 spiro atoms. The number of nitrogens with zero attached hydrogens (tertiary/aromatic N) is 2. The van der Waals surface area contributed by atoms with Crippen LogP contribution in [0.2, 0.25) is 0 Å². The molecule has 48 heavy (non-hydrogen) atoms. The monoisotopic (exact) mass is 650 g/mol. The molecule has 0 unspecified atom stereocenters. The second kappa shape index (κ2) is 18.5. The lowest BCUT2D eigenvalue weighted by Gasteiger charge is -2.25. The molecule has 0 fully saturated rings. The SMILES string of the molecule is CCOc1ccc(N(CC(=O)NCc2ccccc2)C(=O)CCC(=O)N(CC(=O)NCc2ccccc2)c2ccc(OCC)cc2)cc1. The summed E-state index contributed by atoms with van der Waals surface area (Å²) in [5.41, 5.74) is 2.85. The van der Waals surface area contributed by atoms with Crippen LogP contribution in [0.5, 0.6) is 11.5 Å². The van der Waals surface area contributed by atoms with Gasteiger partial charge in [0.15, 0.2) is 0 Å². The van der Waals surface area contributed by atoms with Crippen molar-refractivity contribution in [2.45, 2.75) is 39.8 Å². The van der Waals surface area contributed by atoms with Gasteiger partial charge in [0, 0.05) is 37.3 Å². The van der Waals surface area contributed by atoms with E-state index in [1.165, 1.54) is 9.80 Å². The number of hydrogen-bond acceptors (Lipinski definition) is 6. The molecule has 10 heteroatoms. The molecule has 250 valence electrons. The van der Waals surface area contributed by atoms with Gasteiger partial charge in [-0.2, -0.15) is 0 Å². The van der Waals surface area contributed by atoms with Gasteiger partial charge in [-0.1, -0.05) is 60.7 Å². The lowest BCUT2D eigenvalue weighted by molar-refractivity contribution is -0.126. The van der Waals surface area contributed by atoms with Gasteiger partial charge in [0.1, 0.15) is 24.6 Å². The molecule has 0 saturated carbocycles. The number of carbonyl (C=O) groups excluding carboxylic acids is 4. The molecular formula is C38H42N4O6. The zero-order valence-corrected chi connectivity index (χ0v) is 27.4. The van der Waals surface area contributed by atoms with E-state index in [1.54, 1.807) is 48.5 Å². The second-order valence-corrected chi connectivity index (χ2v) is 10.8. The van der Waals surface area contributed by atoms with E-state index in [0.29, 0.717) is 49.2 Å². The molecule has 0 atom stereocenters. The third kappa shape index (κ3) is 11.0. The summed E-state index contributed by atoms with van der Waals surface area (Å²) in [5.74, 6) is -0.259. The van der Waals surface area contributed by atoms with Crippen LogP contribution in [0, 0.1) is 0 Å². The van der Waals surface area contributed by atoms with Crippen molar-refractivity contribution in [3.63, 3.8) is 0 Å². The van der Waals surface area contributed by atoms with Crippen molar-refractivity contribution in [1.82, 2.24) is 10.6 Å². The Morgan fingerprint density at radius 1 is 0.521 bits per heavy atom. The number of nitrogens with one attached hydrogen (secondary N) is 2. The topological polar surface area (TPSA) is 117 Å². The van der Waals surface area contributed by atoms with Crippen molar-refractivity contribution >= 4 is 35.0 Å². The highest BCUT2D eigenvalue weighted by molar-refractivity contribution is 6.03. The van der Waals surface area contributed by atoms with Crippen molar-refractivity contribution in [2.24, 2.45) is 0 Å². The Morgan fingerprint density at radius 3 is 1.21 bits per heavy atom. The lowest BCUT2D eigenvalue weighted by Crippen LogP contribution is -2.43. The smallest absolute Gasteiger partial charge is 0.240 e. The van der Waals surface area contributed by atoms with Crippen LogP contribution >= 0.6 is 0 Å². The van der Waals surface area contributed by atoms with E-state index in [9.17, 15) is 19.2 Å². The second-order valence-electron chi connectivity index (χ2n) is 10.8. The third-order valence-corrected chi connectivity index (χ3v) is 7.34. The molecule has 4 aromatic rings. The normalized spacial score (nSPS) is 10.5. The Bertz CT molecular complexity index is 1490. The number of amides is 4. The van der Waals surface area contributed by atoms with E-state index < -0.39 is 11.8 Å². The summed E-state index contributed by atoms with van der Waals surface area (Å²) in [5, 5.41) is 5.72. The average molecular weight is 651 g/mol. The Labute approximate surface area is 281 Å². The molecule has 0 aliphatic rings. The maximum Gasteiger partial charge on any atom is 0.240 e. The first kappa shape index (κ1) is 35.2. The van der Waals surface area contributed by atoms with Crippen molar-refractivity contribution in [3.8, 4) is 11.5 Å². The quantitative estimate of drug-likeness (QED) is 0.161. The first-order valence-electron chi connectivity index (χ1n) is 16.0. The summed E-state index contributed by atoms with van der Waals surface area (Å²) in [6.07, 6.45) is -0.367. The highest BCUT2D eigenvalue weighted by atomic mass is 16.5. The number of ether oxygens (including phenoxy) is 2. The summed E-state index contributed by atoms with van der Waals surface area (Å²) < 4.78 is 11.1. The molecule has 0 saturated heterocycles. The zero-order valence-electron chi connectivity index (χ0n) is 27.4. The van der Waals surface area contributed by atoms with E-state index in [2.05, 4.69) is 10.6 Å². The molecule has 0 bridgehead atoms. The Kier molecular flexibility index (Phi) is 13.6. The van der Waals surface area contributed by atoms with Crippen LogP contribution in [-0.2, 0) is 32.3 Å². The molecule has 2 N–H and O–H groups in total. The number of hydrogen-bond donors (Lipinski definition) is 2. The van der Waals surface area contributed by atoms with Crippen molar-refractivity contribution in [3.05, 3.63) is 120 Å². The molecule has 0 aliphatic heterocycles. The molecule has 4 aromatic carbocycles. The first-order valence-corrected chi connectivity index (χ1v) is 16.0. The highest BCUT2D eigenvalue weighted by Gasteiger charge is 2.24. The molecule has 10 nitrogen and oxygen atoms in total. The van der Waals surface area contributed by atoms with Gasteiger partial charge in [0.2, 0.25) is 23.6 Å². The van der Waals surface area contributed by atoms with Gasteiger partial charge in [0.25, 0.3) is 0 Å². The highest BCUT2D eigenvalue weighted by Crippen LogP contribution is 2.23. The van der Waals surface area contributed by atoms with Crippen LogP contribution in [0.3, 0.4) is 0 Å². The van der Waals surface area contributed by atoms with E-state index in [0.717, 1.165) is 11.1 Å². The van der Waals surface area contributed by atoms with Gasteiger partial charge in [-0.3, -0.25) is 19.2 Å². The molecule has 0 radical (unpaired) electrons. The van der Waals surface area contributed by atoms with Gasteiger partial charge < -0.3 is 29.9 Å². The number of anilines is 2. The van der Waals surface area contributed by atoms with Crippen LogP contribution in [0.25, 0.3) is 0 Å². The Balaban J connectivity index is 1.46. The van der Waals surface area contributed by atoms with Crippen LogP contribution in [0.15, 0.2) is 109 Å². The molecular weight excluding hydrogens is 608 g/mol. The lowest BCUT2D eigenvalue weighted by atomic mass is 10.2. The summed E-state index contributed by atoms with van der Waals surface area (Å²) in [6, 6.07) is 32.7. The maximum absolute atomic E-state index is 13.7. The molecule has 0 heterocycles. The minimum atomic E-state index is -0.414. The molecule has 4 amide bonds. The van der Waals surface area contributed by atoms with Crippen molar-refractivity contribution in [1.29, 1.82) is 0 Å². The minimum Gasteiger partial charge on any atom is -0.494 e. The van der Waals surface area contributed by atoms with Crippen LogP contribution in [0.1, 0.15) is 37.8 Å². The number of rotatable bonds is 17. The summed E-state index contributed by atoms with van der Waals surface area (Å²) in [4.78, 5) is 56.1. The average Bonchev–Trinajstić information content (AvgIpc) is 3.12. The minimum absolute atomic E-state index is 0.183. The fourth-order valence-electron chi connectivity index (χ4n) is 4.90. The summed E-state index contributed by atoms with van der Waals surface area (Å²) in [6.45, 7) is 4.88. The van der Waals surface area contributed by atoms with E-state index >= 15 is 0 Å². The molecule has 0 aliphatic carbocycles. The fourth-order valence-corrected chi connectivity index (χ4v) is 4.90. The Morgan fingerprint density at radius 2 is 0.875 bits per heavy atom. The molecule has 4 rings (SSSR count). The third-order valence-electron chi connectivity index (χ3n) is 7.34. The van der Waals surface area contributed by atoms with Crippen LogP contribution in [-0.4, -0.2) is 49.9 Å². The number of carbonyl (C=O) groups is 4. The predicted octanol–water partition coefficient (Wildman–Crippen LogP) is 5.26. The van der Waals surface area contributed by atoms with Crippen LogP contribution < -0.4 is 29.9 Å². The standard InChI is InChI=1S/C38H42N4O6/c1-3-47-33-19-15-31(16-20-33)41(27-35(43)39-25-29-11-7-5-8-12-29)37(45)23-24-38(46)42(32-17-21-34(22-18-32)48-4-2)28-36(44)40-26-30-13-9-6-10-14-30/h5-22H,3-4,23-28H2,1-2H3,(H,39,43)(H,40,44). The van der Waals surface area contributed by atoms with Crippen LogP contribution in [0.4, 0.5) is 11.4 Å². The largest absolute Gasteiger partial charge is 0.494 e. The number of benzene rings is 4.